The van der Waals surface area contributed by atoms with Gasteiger partial charge in [-0.05, 0) is 68.4 Å². The summed E-state index contributed by atoms with van der Waals surface area (Å²) in [6.07, 6.45) is 3.84. The monoisotopic (exact) mass is 469 g/mol. The molecule has 0 saturated carbocycles. The fraction of sp³-hybridized carbons (Fsp3) is 0.500. The van der Waals surface area contributed by atoms with Crippen molar-refractivity contribution in [3.63, 3.8) is 0 Å². The third-order valence-electron chi connectivity index (χ3n) is 7.04. The van der Waals surface area contributed by atoms with Gasteiger partial charge >= 0.3 is 0 Å². The zero-order valence-electron chi connectivity index (χ0n) is 19.6. The summed E-state index contributed by atoms with van der Waals surface area (Å²) in [4.78, 5) is 15.7. The molecule has 0 spiro atoms. The molecule has 33 heavy (non-hydrogen) atoms. The van der Waals surface area contributed by atoms with Gasteiger partial charge in [-0.3, -0.25) is 4.79 Å². The van der Waals surface area contributed by atoms with Crippen LogP contribution in [0.2, 0.25) is 0 Å². The zero-order valence-corrected chi connectivity index (χ0v) is 20.4. The number of piperidine rings is 2. The smallest absolute Gasteiger partial charge is 0.243 e. The van der Waals surface area contributed by atoms with Gasteiger partial charge < -0.3 is 10.2 Å². The first-order chi connectivity index (χ1) is 15.8. The van der Waals surface area contributed by atoms with E-state index < -0.39 is 10.0 Å². The maximum Gasteiger partial charge on any atom is 0.243 e. The van der Waals surface area contributed by atoms with E-state index in [1.165, 1.54) is 22.8 Å². The third-order valence-corrected chi connectivity index (χ3v) is 8.92. The van der Waals surface area contributed by atoms with Crippen LogP contribution in [0.5, 0.6) is 0 Å². The van der Waals surface area contributed by atoms with Crippen LogP contribution in [0.4, 0.5) is 5.69 Å². The zero-order chi connectivity index (χ0) is 23.4. The summed E-state index contributed by atoms with van der Waals surface area (Å²) >= 11 is 0. The predicted octanol–water partition coefficient (Wildman–Crippen LogP) is 4.20. The van der Waals surface area contributed by atoms with Gasteiger partial charge in [0.25, 0.3) is 0 Å². The Morgan fingerprint density at radius 1 is 0.970 bits per heavy atom. The Kier molecular flexibility index (Phi) is 7.39. The van der Waals surface area contributed by atoms with Crippen LogP contribution < -0.4 is 10.2 Å². The predicted molar refractivity (Wildman–Crippen MR) is 132 cm³/mol. The summed E-state index contributed by atoms with van der Waals surface area (Å²) in [5.74, 6) is 0.382. The number of amides is 1. The summed E-state index contributed by atoms with van der Waals surface area (Å²) in [6, 6.07) is 16.8. The van der Waals surface area contributed by atoms with Crippen LogP contribution >= 0.6 is 0 Å². The van der Waals surface area contributed by atoms with Crippen molar-refractivity contribution >= 4 is 21.6 Å². The first-order valence-electron chi connectivity index (χ1n) is 12.0. The minimum Gasteiger partial charge on any atom is -0.372 e. The Balaban J connectivity index is 1.35. The van der Waals surface area contributed by atoms with E-state index >= 15 is 0 Å². The summed E-state index contributed by atoms with van der Waals surface area (Å²) < 4.78 is 27.4. The normalized spacial score (nSPS) is 21.5. The SMILES string of the molecule is CC1CCN(c2ccc([C@H](C)NC(=O)[C@@H]3CCCN(S(=O)(=O)c4ccccc4)C3)cc2)CC1. The van der Waals surface area contributed by atoms with Crippen molar-refractivity contribution in [1.82, 2.24) is 9.62 Å². The van der Waals surface area contributed by atoms with E-state index in [0.717, 1.165) is 24.6 Å². The molecular formula is C26H35N3O3S. The molecule has 2 heterocycles. The highest BCUT2D eigenvalue weighted by Crippen LogP contribution is 2.26. The van der Waals surface area contributed by atoms with Gasteiger partial charge in [0.05, 0.1) is 16.9 Å². The maximum atomic E-state index is 13.0. The Morgan fingerprint density at radius 2 is 1.64 bits per heavy atom. The average molecular weight is 470 g/mol. The molecule has 2 atom stereocenters. The molecule has 178 valence electrons. The Hall–Kier alpha value is -2.38. The van der Waals surface area contributed by atoms with Gasteiger partial charge in [0.15, 0.2) is 0 Å². The number of hydrogen-bond donors (Lipinski definition) is 1. The second-order valence-corrected chi connectivity index (χ2v) is 11.4. The van der Waals surface area contributed by atoms with E-state index in [-0.39, 0.29) is 29.3 Å². The Bertz CT molecular complexity index is 1030. The molecule has 2 aliphatic rings. The molecule has 1 amide bonds. The lowest BCUT2D eigenvalue weighted by Crippen LogP contribution is -2.45. The molecule has 0 aliphatic carbocycles. The maximum absolute atomic E-state index is 13.0. The average Bonchev–Trinajstić information content (AvgIpc) is 2.85. The summed E-state index contributed by atoms with van der Waals surface area (Å²) in [7, 11) is -3.58. The number of nitrogens with zero attached hydrogens (tertiary/aromatic N) is 2. The number of sulfonamides is 1. The highest BCUT2D eigenvalue weighted by atomic mass is 32.2. The number of anilines is 1. The molecule has 2 aliphatic heterocycles. The Labute approximate surface area is 198 Å². The van der Waals surface area contributed by atoms with Gasteiger partial charge in [-0.15, -0.1) is 0 Å². The van der Waals surface area contributed by atoms with Crippen LogP contribution in [0.15, 0.2) is 59.5 Å². The highest BCUT2D eigenvalue weighted by Gasteiger charge is 2.33. The van der Waals surface area contributed by atoms with Gasteiger partial charge in [0.1, 0.15) is 0 Å². The molecule has 2 fully saturated rings. The molecule has 0 bridgehead atoms. The number of nitrogens with one attached hydrogen (secondary N) is 1. The molecular weight excluding hydrogens is 434 g/mol. The van der Waals surface area contributed by atoms with Crippen molar-refractivity contribution in [2.75, 3.05) is 31.1 Å². The molecule has 0 aromatic heterocycles. The molecule has 0 radical (unpaired) electrons. The molecule has 4 rings (SSSR count). The minimum atomic E-state index is -3.58. The van der Waals surface area contributed by atoms with Crippen molar-refractivity contribution in [3.8, 4) is 0 Å². The molecule has 6 nitrogen and oxygen atoms in total. The minimum absolute atomic E-state index is 0.0791. The van der Waals surface area contributed by atoms with Gasteiger partial charge in [-0.25, -0.2) is 8.42 Å². The lowest BCUT2D eigenvalue weighted by Gasteiger charge is -2.32. The second-order valence-electron chi connectivity index (χ2n) is 9.51. The van der Waals surface area contributed by atoms with Crippen LogP contribution in [-0.2, 0) is 14.8 Å². The molecule has 7 heteroatoms. The van der Waals surface area contributed by atoms with E-state index in [0.29, 0.717) is 19.4 Å². The van der Waals surface area contributed by atoms with Gasteiger partial charge in [-0.2, -0.15) is 4.31 Å². The van der Waals surface area contributed by atoms with Crippen LogP contribution in [0.3, 0.4) is 0 Å². The van der Waals surface area contributed by atoms with E-state index in [9.17, 15) is 13.2 Å². The van der Waals surface area contributed by atoms with E-state index in [2.05, 4.69) is 41.4 Å². The van der Waals surface area contributed by atoms with Crippen molar-refractivity contribution in [1.29, 1.82) is 0 Å². The fourth-order valence-electron chi connectivity index (χ4n) is 4.77. The third kappa shape index (κ3) is 5.58. The quantitative estimate of drug-likeness (QED) is 0.688. The van der Waals surface area contributed by atoms with E-state index in [4.69, 9.17) is 0 Å². The highest BCUT2D eigenvalue weighted by molar-refractivity contribution is 7.89. The number of hydrogen-bond acceptors (Lipinski definition) is 4. The van der Waals surface area contributed by atoms with Gasteiger partial charge in [-0.1, -0.05) is 37.3 Å². The summed E-state index contributed by atoms with van der Waals surface area (Å²) in [5, 5.41) is 3.11. The lowest BCUT2D eigenvalue weighted by molar-refractivity contribution is -0.126. The topological polar surface area (TPSA) is 69.7 Å². The van der Waals surface area contributed by atoms with Crippen molar-refractivity contribution in [2.45, 2.75) is 50.5 Å². The van der Waals surface area contributed by atoms with Crippen molar-refractivity contribution in [3.05, 3.63) is 60.2 Å². The molecule has 2 aromatic carbocycles. The lowest BCUT2D eigenvalue weighted by atomic mass is 9.97. The number of benzene rings is 2. The van der Waals surface area contributed by atoms with Gasteiger partial charge in [0, 0.05) is 31.9 Å². The van der Waals surface area contributed by atoms with Crippen molar-refractivity contribution in [2.24, 2.45) is 11.8 Å². The van der Waals surface area contributed by atoms with Crippen molar-refractivity contribution < 1.29 is 13.2 Å². The number of rotatable bonds is 6. The molecule has 2 saturated heterocycles. The van der Waals surface area contributed by atoms with Crippen LogP contribution in [0.1, 0.15) is 51.1 Å². The second kappa shape index (κ2) is 10.3. The largest absolute Gasteiger partial charge is 0.372 e. The Morgan fingerprint density at radius 3 is 2.30 bits per heavy atom. The fourth-order valence-corrected chi connectivity index (χ4v) is 6.32. The first kappa shape index (κ1) is 23.8. The van der Waals surface area contributed by atoms with E-state index in [1.807, 2.05) is 6.92 Å². The summed E-state index contributed by atoms with van der Waals surface area (Å²) in [6.45, 7) is 7.16. The summed E-state index contributed by atoms with van der Waals surface area (Å²) in [5.41, 5.74) is 2.29. The van der Waals surface area contributed by atoms with Crippen LogP contribution in [-0.4, -0.2) is 44.8 Å². The van der Waals surface area contributed by atoms with E-state index in [1.54, 1.807) is 30.3 Å². The first-order valence-corrected chi connectivity index (χ1v) is 13.5. The standard InChI is InChI=1S/C26H35N3O3S/c1-20-14-17-28(18-15-20)24-12-10-22(11-13-24)21(2)27-26(30)23-7-6-16-29(19-23)33(31,32)25-8-4-3-5-9-25/h3-5,8-13,20-21,23H,6-7,14-19H2,1-2H3,(H,27,30)/t21-,23+/m0/s1. The number of carbonyl (C=O) groups excluding carboxylic acids is 1. The van der Waals surface area contributed by atoms with Gasteiger partial charge in [0.2, 0.25) is 15.9 Å². The van der Waals surface area contributed by atoms with Crippen LogP contribution in [0.25, 0.3) is 0 Å². The van der Waals surface area contributed by atoms with Crippen LogP contribution in [0, 0.1) is 11.8 Å². The molecule has 0 unspecified atom stereocenters. The number of carbonyl (C=O) groups is 1. The molecule has 1 N–H and O–H groups in total. The molecule has 2 aromatic rings.